The normalized spacial score (nSPS) is 19.1. The minimum Gasteiger partial charge on any atom is -0.464 e. The predicted molar refractivity (Wildman–Crippen MR) is 141 cm³/mol. The van der Waals surface area contributed by atoms with E-state index < -0.39 is 18.1 Å². The molecule has 0 aromatic carbocycles. The molecule has 204 valence electrons. The standard InChI is InChI=1S/C26H44N4O5S/c1-8-12-30(20(16(2)3)14-21(31)24-27-18(15-36-24)26(34)35-7)25(33)22(17(4)5)28-23(32)19-11-9-10-13-29(19)6/h15-17,19-22,31H,8-14H2,1-7H3,(H,28,32)/t19?,20-,21-,22?/m1/s1. The van der Waals surface area contributed by atoms with Gasteiger partial charge in [-0.1, -0.05) is 41.0 Å². The van der Waals surface area contributed by atoms with Gasteiger partial charge in [0.15, 0.2) is 5.69 Å². The summed E-state index contributed by atoms with van der Waals surface area (Å²) in [6, 6.07) is -1.14. The lowest BCUT2D eigenvalue weighted by molar-refractivity contribution is -0.142. The predicted octanol–water partition coefficient (Wildman–Crippen LogP) is 3.24. The summed E-state index contributed by atoms with van der Waals surface area (Å²) in [5, 5.41) is 16.0. The van der Waals surface area contributed by atoms with Crippen LogP contribution in [-0.4, -0.2) is 83.0 Å². The van der Waals surface area contributed by atoms with Crippen molar-refractivity contribution in [2.24, 2.45) is 11.8 Å². The van der Waals surface area contributed by atoms with Gasteiger partial charge >= 0.3 is 5.97 Å². The number of thiazole rings is 1. The molecule has 1 aromatic heterocycles. The fourth-order valence-corrected chi connectivity index (χ4v) is 5.54. The van der Waals surface area contributed by atoms with Gasteiger partial charge in [0.05, 0.1) is 13.2 Å². The van der Waals surface area contributed by atoms with E-state index in [9.17, 15) is 19.5 Å². The molecule has 4 atom stereocenters. The molecular formula is C26H44N4O5S. The first kappa shape index (κ1) is 30.2. The van der Waals surface area contributed by atoms with E-state index in [1.807, 2.05) is 46.6 Å². The Hall–Kier alpha value is -2.04. The molecule has 10 heteroatoms. The number of nitrogens with zero attached hydrogens (tertiary/aromatic N) is 3. The van der Waals surface area contributed by atoms with Crippen LogP contribution in [0.25, 0.3) is 0 Å². The third kappa shape index (κ3) is 7.73. The highest BCUT2D eigenvalue weighted by Crippen LogP contribution is 2.28. The third-order valence-corrected chi connectivity index (χ3v) is 7.83. The van der Waals surface area contributed by atoms with Crippen molar-refractivity contribution < 1.29 is 24.2 Å². The molecule has 0 radical (unpaired) electrons. The van der Waals surface area contributed by atoms with E-state index in [0.717, 1.165) is 32.2 Å². The minimum atomic E-state index is -0.934. The van der Waals surface area contributed by atoms with Crippen molar-refractivity contribution in [1.29, 1.82) is 0 Å². The Bertz CT molecular complexity index is 874. The van der Waals surface area contributed by atoms with E-state index in [-0.39, 0.29) is 47.8 Å². The summed E-state index contributed by atoms with van der Waals surface area (Å²) in [5.74, 6) is -0.803. The molecule has 0 aliphatic carbocycles. The molecule has 2 unspecified atom stereocenters. The molecule has 1 saturated heterocycles. The maximum Gasteiger partial charge on any atom is 0.357 e. The Morgan fingerprint density at radius 3 is 2.50 bits per heavy atom. The zero-order valence-corrected chi connectivity index (χ0v) is 23.6. The molecule has 0 bridgehead atoms. The van der Waals surface area contributed by atoms with Crippen LogP contribution in [0.3, 0.4) is 0 Å². The number of aliphatic hydroxyl groups is 1. The highest BCUT2D eigenvalue weighted by atomic mass is 32.1. The van der Waals surface area contributed by atoms with Crippen LogP contribution in [0, 0.1) is 11.8 Å². The number of ether oxygens (including phenoxy) is 1. The van der Waals surface area contributed by atoms with E-state index in [4.69, 9.17) is 4.74 Å². The fourth-order valence-electron chi connectivity index (χ4n) is 4.76. The number of aliphatic hydroxyl groups excluding tert-OH is 1. The van der Waals surface area contributed by atoms with Gasteiger partial charge in [-0.2, -0.15) is 0 Å². The second kappa shape index (κ2) is 14.0. The first-order valence-corrected chi connectivity index (χ1v) is 13.9. The maximum atomic E-state index is 13.9. The Balaban J connectivity index is 2.23. The average Bonchev–Trinajstić information content (AvgIpc) is 3.34. The smallest absolute Gasteiger partial charge is 0.357 e. The summed E-state index contributed by atoms with van der Waals surface area (Å²) in [5.41, 5.74) is 0.161. The lowest BCUT2D eigenvalue weighted by atomic mass is 9.93. The molecule has 9 nitrogen and oxygen atoms in total. The van der Waals surface area contributed by atoms with Crippen molar-refractivity contribution in [2.75, 3.05) is 27.2 Å². The number of carbonyl (C=O) groups is 3. The quantitative estimate of drug-likeness (QED) is 0.404. The topological polar surface area (TPSA) is 112 Å². The van der Waals surface area contributed by atoms with Gasteiger partial charge in [0.2, 0.25) is 11.8 Å². The second-order valence-corrected chi connectivity index (χ2v) is 11.3. The summed E-state index contributed by atoms with van der Waals surface area (Å²) < 4.78 is 4.71. The number of hydrogen-bond donors (Lipinski definition) is 2. The fraction of sp³-hybridized carbons (Fsp3) is 0.769. The van der Waals surface area contributed by atoms with E-state index in [2.05, 4.69) is 15.2 Å². The number of likely N-dealkylation sites (N-methyl/N-ethyl adjacent to an activating group) is 1. The molecule has 2 heterocycles. The van der Waals surface area contributed by atoms with Crippen LogP contribution in [0.15, 0.2) is 5.38 Å². The number of carbonyl (C=O) groups excluding carboxylic acids is 3. The van der Waals surface area contributed by atoms with Gasteiger partial charge in [0.25, 0.3) is 0 Å². The summed E-state index contributed by atoms with van der Waals surface area (Å²) in [4.78, 5) is 47.0. The van der Waals surface area contributed by atoms with Gasteiger partial charge in [-0.05, 0) is 44.7 Å². The summed E-state index contributed by atoms with van der Waals surface area (Å²) >= 11 is 1.20. The SMILES string of the molecule is CCCN(C(=O)C(NC(=O)C1CCCCN1C)C(C)C)[C@H](C[C@@H](O)c1nc(C(=O)OC)cs1)C(C)C. The second-order valence-electron chi connectivity index (χ2n) is 10.4. The molecule has 2 rings (SSSR count). The van der Waals surface area contributed by atoms with Gasteiger partial charge in [-0.25, -0.2) is 9.78 Å². The third-order valence-electron chi connectivity index (χ3n) is 6.89. The van der Waals surface area contributed by atoms with Crippen LogP contribution in [0.2, 0.25) is 0 Å². The highest BCUT2D eigenvalue weighted by Gasteiger charge is 2.37. The summed E-state index contributed by atoms with van der Waals surface area (Å²) in [6.45, 7) is 11.3. The Morgan fingerprint density at radius 2 is 1.94 bits per heavy atom. The summed E-state index contributed by atoms with van der Waals surface area (Å²) in [7, 11) is 3.25. The first-order chi connectivity index (χ1) is 17.0. The zero-order chi connectivity index (χ0) is 27.0. The minimum absolute atomic E-state index is 0.0585. The van der Waals surface area contributed by atoms with Crippen molar-refractivity contribution in [3.63, 3.8) is 0 Å². The van der Waals surface area contributed by atoms with Gasteiger partial charge in [-0.15, -0.1) is 11.3 Å². The van der Waals surface area contributed by atoms with Gasteiger partial charge in [-0.3, -0.25) is 14.5 Å². The molecule has 1 fully saturated rings. The van der Waals surface area contributed by atoms with Crippen molar-refractivity contribution >= 4 is 29.1 Å². The molecule has 2 amide bonds. The number of amides is 2. The molecule has 1 aliphatic heterocycles. The number of esters is 1. The monoisotopic (exact) mass is 524 g/mol. The van der Waals surface area contributed by atoms with Gasteiger partial charge < -0.3 is 20.1 Å². The lowest BCUT2D eigenvalue weighted by Crippen LogP contribution is -2.58. The Morgan fingerprint density at radius 1 is 1.25 bits per heavy atom. The highest BCUT2D eigenvalue weighted by molar-refractivity contribution is 7.09. The van der Waals surface area contributed by atoms with Gasteiger partial charge in [0, 0.05) is 24.4 Å². The number of nitrogens with one attached hydrogen (secondary N) is 1. The summed E-state index contributed by atoms with van der Waals surface area (Å²) in [6.07, 6.45) is 2.97. The number of aromatic nitrogens is 1. The van der Waals surface area contributed by atoms with Crippen molar-refractivity contribution in [2.45, 2.75) is 91.0 Å². The molecule has 1 aromatic rings. The van der Waals surface area contributed by atoms with Crippen LogP contribution in [0.5, 0.6) is 0 Å². The molecule has 2 N–H and O–H groups in total. The van der Waals surface area contributed by atoms with E-state index in [1.165, 1.54) is 18.4 Å². The molecule has 0 saturated carbocycles. The van der Waals surface area contributed by atoms with Gasteiger partial charge in [0.1, 0.15) is 17.2 Å². The van der Waals surface area contributed by atoms with Crippen LogP contribution in [0.4, 0.5) is 0 Å². The lowest BCUT2D eigenvalue weighted by Gasteiger charge is -2.39. The average molecular weight is 525 g/mol. The number of rotatable bonds is 12. The van der Waals surface area contributed by atoms with Crippen LogP contribution in [0.1, 0.15) is 88.3 Å². The number of hydrogen-bond acceptors (Lipinski definition) is 8. The van der Waals surface area contributed by atoms with E-state index in [0.29, 0.717) is 11.6 Å². The van der Waals surface area contributed by atoms with Crippen LogP contribution < -0.4 is 5.32 Å². The maximum absolute atomic E-state index is 13.9. The number of methoxy groups -OCH3 is 1. The Labute approximate surface area is 219 Å². The van der Waals surface area contributed by atoms with Crippen LogP contribution in [-0.2, 0) is 14.3 Å². The Kier molecular flexibility index (Phi) is 11.8. The van der Waals surface area contributed by atoms with E-state index >= 15 is 0 Å². The largest absolute Gasteiger partial charge is 0.464 e. The first-order valence-electron chi connectivity index (χ1n) is 13.0. The zero-order valence-electron chi connectivity index (χ0n) is 22.8. The number of piperidine rings is 1. The van der Waals surface area contributed by atoms with Crippen molar-refractivity contribution in [3.05, 3.63) is 16.1 Å². The van der Waals surface area contributed by atoms with E-state index in [1.54, 1.807) is 5.38 Å². The molecule has 1 aliphatic rings. The van der Waals surface area contributed by atoms with Crippen molar-refractivity contribution in [3.8, 4) is 0 Å². The molecular weight excluding hydrogens is 480 g/mol. The van der Waals surface area contributed by atoms with Crippen molar-refractivity contribution in [1.82, 2.24) is 20.1 Å². The molecule has 36 heavy (non-hydrogen) atoms. The number of likely N-dealkylation sites (tertiary alicyclic amines) is 1. The van der Waals surface area contributed by atoms with Crippen LogP contribution >= 0.6 is 11.3 Å². The molecule has 0 spiro atoms.